The van der Waals surface area contributed by atoms with Gasteiger partial charge < -0.3 is 0 Å². The molecule has 0 nitrogen and oxygen atoms in total. The van der Waals surface area contributed by atoms with Crippen LogP contribution in [0.5, 0.6) is 0 Å². The first-order valence-corrected chi connectivity index (χ1v) is 13.3. The molecule has 0 atom stereocenters. The van der Waals surface area contributed by atoms with Crippen molar-refractivity contribution in [1.29, 1.82) is 0 Å². The summed E-state index contributed by atoms with van der Waals surface area (Å²) in [6.45, 7) is 8.10. The van der Waals surface area contributed by atoms with E-state index in [9.17, 15) is 22.0 Å². The van der Waals surface area contributed by atoms with E-state index in [2.05, 4.69) is 50.2 Å². The van der Waals surface area contributed by atoms with Gasteiger partial charge in [0.1, 0.15) is 0 Å². The first-order valence-electron chi connectivity index (χ1n) is 12.5. The molecule has 0 amide bonds. The Kier molecular flexibility index (Phi) is 7.21. The van der Waals surface area contributed by atoms with Crippen molar-refractivity contribution in [2.45, 2.75) is 27.7 Å². The van der Waals surface area contributed by atoms with Crippen LogP contribution in [0.4, 0.5) is 22.0 Å². The van der Waals surface area contributed by atoms with Crippen LogP contribution in [0.25, 0.3) is 32.0 Å². The Balaban J connectivity index is 1.51. The van der Waals surface area contributed by atoms with Gasteiger partial charge in [-0.15, -0.1) is 11.3 Å². The summed E-state index contributed by atoms with van der Waals surface area (Å²) in [5.74, 6) is -9.70. The predicted molar refractivity (Wildman–Crippen MR) is 152 cm³/mol. The van der Waals surface area contributed by atoms with E-state index < -0.39 is 34.6 Å². The molecular formula is C32H24BF5S. The monoisotopic (exact) mass is 546 g/mol. The van der Waals surface area contributed by atoms with E-state index in [1.165, 1.54) is 17.0 Å². The van der Waals surface area contributed by atoms with Gasteiger partial charge in [0.2, 0.25) is 5.82 Å². The molecule has 0 bridgehead atoms. The molecular weight excluding hydrogens is 522 g/mol. The molecule has 0 saturated carbocycles. The molecule has 7 heteroatoms. The Labute approximate surface area is 229 Å². The van der Waals surface area contributed by atoms with Gasteiger partial charge in [0, 0.05) is 9.75 Å². The third-order valence-corrected chi connectivity index (χ3v) is 8.65. The minimum atomic E-state index is -2.16. The largest absolute Gasteiger partial charge is 0.203 e. The maximum Gasteiger partial charge on any atom is 0.200 e. The zero-order chi connectivity index (χ0) is 28.0. The fourth-order valence-electron chi connectivity index (χ4n) is 5.10. The van der Waals surface area contributed by atoms with Gasteiger partial charge in [0.05, 0.1) is 5.56 Å². The van der Waals surface area contributed by atoms with Gasteiger partial charge in [-0.1, -0.05) is 76.6 Å². The second-order valence-electron chi connectivity index (χ2n) is 9.70. The Morgan fingerprint density at radius 1 is 0.487 bits per heavy atom. The Hall–Kier alpha value is -3.71. The van der Waals surface area contributed by atoms with Crippen LogP contribution in [0, 0.1) is 56.8 Å². The van der Waals surface area contributed by atoms with Crippen LogP contribution in [0.1, 0.15) is 22.3 Å². The minimum absolute atomic E-state index is 0.0190. The summed E-state index contributed by atoms with van der Waals surface area (Å²) >= 11 is 1.01. The van der Waals surface area contributed by atoms with Crippen LogP contribution in [0.15, 0.2) is 66.7 Å². The molecule has 0 radical (unpaired) electrons. The fourth-order valence-corrected chi connectivity index (χ4v) is 6.30. The Morgan fingerprint density at radius 2 is 0.949 bits per heavy atom. The van der Waals surface area contributed by atoms with Crippen LogP contribution in [-0.2, 0) is 0 Å². The summed E-state index contributed by atoms with van der Waals surface area (Å²) < 4.78 is 70.1. The van der Waals surface area contributed by atoms with Crippen molar-refractivity contribution in [3.63, 3.8) is 0 Å². The third-order valence-electron chi connectivity index (χ3n) is 7.53. The van der Waals surface area contributed by atoms with E-state index in [1.807, 2.05) is 32.0 Å². The molecule has 4 aromatic carbocycles. The van der Waals surface area contributed by atoms with Gasteiger partial charge in [-0.2, -0.15) is 0 Å². The molecule has 5 rings (SSSR count). The molecule has 0 aliphatic rings. The van der Waals surface area contributed by atoms with Gasteiger partial charge in [0.25, 0.3) is 0 Å². The lowest BCUT2D eigenvalue weighted by Crippen LogP contribution is -2.32. The molecule has 0 aliphatic heterocycles. The van der Waals surface area contributed by atoms with Crippen LogP contribution in [0.3, 0.4) is 0 Å². The molecule has 0 aliphatic carbocycles. The highest BCUT2D eigenvalue weighted by atomic mass is 32.1. The zero-order valence-corrected chi connectivity index (χ0v) is 22.7. The number of hydrogen-bond donors (Lipinski definition) is 0. The topological polar surface area (TPSA) is 0 Å². The fraction of sp³-hybridized carbons (Fsp3) is 0.125. The van der Waals surface area contributed by atoms with Gasteiger partial charge >= 0.3 is 0 Å². The summed E-state index contributed by atoms with van der Waals surface area (Å²) in [6.07, 6.45) is 0. The maximum atomic E-state index is 14.5. The SMILES string of the molecule is Cc1c(C)c(-c2ccc(-c3c(F)c(F)c(F)c(F)c3F)s2)c(C)c(C)c1Bc1ccc(-c2ccccc2)cc1. The summed E-state index contributed by atoms with van der Waals surface area (Å²) in [6, 6.07) is 21.8. The molecule has 0 fully saturated rings. The summed E-state index contributed by atoms with van der Waals surface area (Å²) in [5.41, 5.74) is 8.94. The number of halogens is 5. The Bertz CT molecular complexity index is 1650. The van der Waals surface area contributed by atoms with E-state index in [0.29, 0.717) is 4.88 Å². The van der Waals surface area contributed by atoms with Gasteiger partial charge in [-0.3, -0.25) is 0 Å². The highest BCUT2D eigenvalue weighted by Gasteiger charge is 2.28. The molecule has 0 unspecified atom stereocenters. The molecule has 0 spiro atoms. The normalized spacial score (nSPS) is 11.2. The first kappa shape index (κ1) is 26.9. The van der Waals surface area contributed by atoms with Gasteiger partial charge in [0.15, 0.2) is 30.5 Å². The van der Waals surface area contributed by atoms with E-state index >= 15 is 0 Å². The highest BCUT2D eigenvalue weighted by Crippen LogP contribution is 2.41. The summed E-state index contributed by atoms with van der Waals surface area (Å²) in [4.78, 5) is 0.684. The van der Waals surface area contributed by atoms with Crippen molar-refractivity contribution in [2.24, 2.45) is 0 Å². The standard InChI is InChI=1S/C32H24BF5S/c1-16-18(3)27(33-22-12-10-21(11-13-22)20-8-6-5-7-9-20)19(4)17(2)25(16)23-14-15-24(39-23)26-28(34)30(36)32(38)31(37)29(26)35/h5-15,33H,1-4H3. The van der Waals surface area contributed by atoms with E-state index in [1.54, 1.807) is 6.07 Å². The number of thiophene rings is 1. The van der Waals surface area contributed by atoms with Crippen LogP contribution in [0.2, 0.25) is 0 Å². The predicted octanol–water partition coefficient (Wildman–Crippen LogP) is 8.07. The molecule has 1 heterocycles. The smallest absolute Gasteiger partial charge is 0.200 e. The summed E-state index contributed by atoms with van der Waals surface area (Å²) in [7, 11) is 0.745. The lowest BCUT2D eigenvalue weighted by molar-refractivity contribution is 0.381. The van der Waals surface area contributed by atoms with Crippen molar-refractivity contribution in [1.82, 2.24) is 0 Å². The molecule has 196 valence electrons. The number of benzene rings is 4. The van der Waals surface area contributed by atoms with Crippen molar-refractivity contribution < 1.29 is 22.0 Å². The van der Waals surface area contributed by atoms with Crippen LogP contribution >= 0.6 is 11.3 Å². The number of rotatable bonds is 5. The van der Waals surface area contributed by atoms with E-state index in [4.69, 9.17) is 0 Å². The third kappa shape index (κ3) is 4.69. The average Bonchev–Trinajstić information content (AvgIpc) is 3.42. The Morgan fingerprint density at radius 3 is 1.49 bits per heavy atom. The van der Waals surface area contributed by atoms with E-state index in [0.717, 1.165) is 57.6 Å². The second-order valence-corrected chi connectivity index (χ2v) is 10.8. The van der Waals surface area contributed by atoms with Crippen molar-refractivity contribution >= 4 is 29.5 Å². The van der Waals surface area contributed by atoms with Crippen molar-refractivity contribution in [3.05, 3.63) is 118 Å². The maximum absolute atomic E-state index is 14.5. The van der Waals surface area contributed by atoms with Crippen molar-refractivity contribution in [2.75, 3.05) is 0 Å². The van der Waals surface area contributed by atoms with Crippen molar-refractivity contribution in [3.8, 4) is 32.0 Å². The van der Waals surface area contributed by atoms with Crippen LogP contribution in [-0.4, -0.2) is 7.28 Å². The molecule has 5 aromatic rings. The first-order chi connectivity index (χ1) is 18.6. The molecule has 0 N–H and O–H groups in total. The molecule has 39 heavy (non-hydrogen) atoms. The molecule has 0 saturated heterocycles. The lowest BCUT2D eigenvalue weighted by Gasteiger charge is -2.20. The highest BCUT2D eigenvalue weighted by molar-refractivity contribution is 7.18. The summed E-state index contributed by atoms with van der Waals surface area (Å²) in [5, 5.41) is 0. The zero-order valence-electron chi connectivity index (χ0n) is 21.9. The minimum Gasteiger partial charge on any atom is -0.203 e. The lowest BCUT2D eigenvalue weighted by atomic mass is 9.59. The second kappa shape index (κ2) is 10.5. The van der Waals surface area contributed by atoms with Gasteiger partial charge in [-0.25, -0.2) is 22.0 Å². The number of hydrogen-bond acceptors (Lipinski definition) is 1. The quantitative estimate of drug-likeness (QED) is 0.0906. The van der Waals surface area contributed by atoms with Gasteiger partial charge in [-0.05, 0) is 67.6 Å². The molecule has 1 aromatic heterocycles. The average molecular weight is 546 g/mol. The van der Waals surface area contributed by atoms with E-state index in [-0.39, 0.29) is 4.88 Å². The van der Waals surface area contributed by atoms with Crippen LogP contribution < -0.4 is 10.9 Å².